The Morgan fingerprint density at radius 3 is 1.12 bits per heavy atom. The first kappa shape index (κ1) is 31.1. The normalized spacial score (nSPS) is 12.1. The van der Waals surface area contributed by atoms with Crippen LogP contribution in [0, 0.1) is 58.2 Å². The maximum atomic E-state index is 15.4. The number of nitrogens with zero attached hydrogens (tertiary/aromatic N) is 2. The van der Waals surface area contributed by atoms with Crippen LogP contribution in [0.5, 0.6) is 0 Å². The van der Waals surface area contributed by atoms with Gasteiger partial charge >= 0.3 is 0 Å². The molecule has 8 bridgehead atoms. The second-order valence-corrected chi connectivity index (χ2v) is 11.2. The molecule has 4 nitrogen and oxygen atoms in total. The third kappa shape index (κ3) is 4.55. The highest BCUT2D eigenvalue weighted by Gasteiger charge is 2.32. The van der Waals surface area contributed by atoms with Gasteiger partial charge in [-0.3, -0.25) is 0 Å². The molecule has 0 unspecified atom stereocenters. The highest BCUT2D eigenvalue weighted by Crippen LogP contribution is 2.41. The predicted molar refractivity (Wildman–Crippen MR) is 165 cm³/mol. The SMILES string of the molecule is Fc1c(F)c(F)c(-c2c3nc(c(-c4c(F)c(F)c(F)c(F)c4F)c4ccc(cc5nc(cc6ccc2[nH]6)-c2ccccc2-5)[nH]4)C=C3)c(F)c1F. The molecule has 14 heteroatoms. The summed E-state index contributed by atoms with van der Waals surface area (Å²) in [7, 11) is 0. The van der Waals surface area contributed by atoms with Crippen LogP contribution in [-0.2, 0) is 0 Å². The van der Waals surface area contributed by atoms with Crippen molar-refractivity contribution >= 4 is 34.2 Å². The fraction of sp³-hybridized carbons (Fsp3) is 0. The molecule has 2 aliphatic heterocycles. The second kappa shape index (κ2) is 11.2. The zero-order valence-corrected chi connectivity index (χ0v) is 24.6. The molecule has 0 saturated heterocycles. The minimum Gasteiger partial charge on any atom is -0.355 e. The summed E-state index contributed by atoms with van der Waals surface area (Å²) in [5, 5.41) is 0. The molecule has 0 amide bonds. The smallest absolute Gasteiger partial charge is 0.200 e. The van der Waals surface area contributed by atoms with E-state index in [0.29, 0.717) is 22.5 Å². The van der Waals surface area contributed by atoms with Crippen LogP contribution < -0.4 is 0 Å². The molecule has 0 aliphatic carbocycles. The second-order valence-electron chi connectivity index (χ2n) is 11.2. The van der Waals surface area contributed by atoms with E-state index in [-0.39, 0.29) is 22.1 Å². The number of aromatic nitrogens is 4. The van der Waals surface area contributed by atoms with E-state index < -0.39 is 91.8 Å². The average Bonchev–Trinajstić information content (AvgIpc) is 3.94. The van der Waals surface area contributed by atoms with Crippen molar-refractivity contribution in [1.82, 2.24) is 19.9 Å². The van der Waals surface area contributed by atoms with Crippen LogP contribution in [0.25, 0.3) is 79.0 Å². The maximum Gasteiger partial charge on any atom is 0.200 e. The van der Waals surface area contributed by atoms with Crippen molar-refractivity contribution < 1.29 is 43.9 Å². The number of fused-ring (bicyclic) bond motifs is 11. The Hall–Kier alpha value is -6.18. The highest BCUT2D eigenvalue weighted by molar-refractivity contribution is 5.96. The third-order valence-electron chi connectivity index (χ3n) is 8.33. The minimum atomic E-state index is -2.42. The van der Waals surface area contributed by atoms with Gasteiger partial charge in [0.25, 0.3) is 0 Å². The number of benzene rings is 3. The Morgan fingerprint density at radius 2 is 0.740 bits per heavy atom. The number of nitrogens with one attached hydrogen (secondary N) is 2. The molecular formula is C36H14F10N4. The lowest BCUT2D eigenvalue weighted by atomic mass is 10.0. The summed E-state index contributed by atoms with van der Waals surface area (Å²) in [5.74, 6) is -22.7. The Morgan fingerprint density at radius 1 is 0.380 bits per heavy atom. The number of hydrogen-bond acceptors (Lipinski definition) is 2. The molecule has 8 rings (SSSR count). The van der Waals surface area contributed by atoms with E-state index in [1.165, 1.54) is 24.3 Å². The van der Waals surface area contributed by atoms with Crippen molar-refractivity contribution in [3.63, 3.8) is 0 Å². The topological polar surface area (TPSA) is 57.4 Å². The molecule has 0 radical (unpaired) electrons. The molecule has 6 aromatic rings. The largest absolute Gasteiger partial charge is 0.355 e. The molecule has 0 atom stereocenters. The van der Waals surface area contributed by atoms with Crippen LogP contribution in [0.2, 0.25) is 0 Å². The minimum absolute atomic E-state index is 0.209. The quantitative estimate of drug-likeness (QED) is 0.108. The van der Waals surface area contributed by atoms with Crippen molar-refractivity contribution in [2.24, 2.45) is 0 Å². The van der Waals surface area contributed by atoms with Gasteiger partial charge in [-0.25, -0.2) is 53.9 Å². The van der Waals surface area contributed by atoms with Gasteiger partial charge in [0.2, 0.25) is 11.6 Å². The van der Waals surface area contributed by atoms with Gasteiger partial charge in [-0.15, -0.1) is 0 Å². The van der Waals surface area contributed by atoms with E-state index in [1.807, 2.05) is 0 Å². The van der Waals surface area contributed by atoms with Crippen molar-refractivity contribution in [3.8, 4) is 44.8 Å². The number of rotatable bonds is 2. The van der Waals surface area contributed by atoms with Crippen LogP contribution in [-0.4, -0.2) is 19.9 Å². The summed E-state index contributed by atoms with van der Waals surface area (Å²) in [4.78, 5) is 14.6. The van der Waals surface area contributed by atoms with Gasteiger partial charge in [-0.2, -0.15) is 0 Å². The first-order valence-electron chi connectivity index (χ1n) is 14.5. The zero-order chi connectivity index (χ0) is 35.2. The molecule has 248 valence electrons. The van der Waals surface area contributed by atoms with Crippen LogP contribution in [0.15, 0.2) is 60.7 Å². The Kier molecular flexibility index (Phi) is 6.96. The molecule has 0 saturated carbocycles. The number of aromatic amines is 2. The molecule has 2 aliphatic rings. The molecule has 3 aromatic heterocycles. The summed E-state index contributed by atoms with van der Waals surface area (Å²) < 4.78 is 148. The fourth-order valence-corrected chi connectivity index (χ4v) is 6.07. The van der Waals surface area contributed by atoms with Crippen LogP contribution in [0.3, 0.4) is 0 Å². The standard InChI is InChI=1S/C36H14F10N4/c37-27-25(28(38)32(42)35(45)31(27)41)23-17-7-5-13(47-17)11-21-15-3-1-2-4-16(15)22(50-21)12-14-6-8-18(48-14)24(20-10-9-19(23)49-20)26-29(39)33(43)36(46)34(44)30(26)40/h1-12,47-48H. The first-order chi connectivity index (χ1) is 23.9. The average molecular weight is 693 g/mol. The summed E-state index contributed by atoms with van der Waals surface area (Å²) in [6, 6.07) is 15.6. The highest BCUT2D eigenvalue weighted by atomic mass is 19.2. The van der Waals surface area contributed by atoms with Crippen molar-refractivity contribution in [3.05, 3.63) is 130 Å². The van der Waals surface area contributed by atoms with Crippen molar-refractivity contribution in [2.45, 2.75) is 0 Å². The summed E-state index contributed by atoms with van der Waals surface area (Å²) in [6.45, 7) is 0. The van der Waals surface area contributed by atoms with E-state index in [4.69, 9.17) is 0 Å². The summed E-state index contributed by atoms with van der Waals surface area (Å²) in [5.41, 5.74) is -2.80. The maximum absolute atomic E-state index is 15.4. The first-order valence-corrected chi connectivity index (χ1v) is 14.5. The zero-order valence-electron chi connectivity index (χ0n) is 24.6. The molecule has 5 heterocycles. The van der Waals surface area contributed by atoms with Gasteiger partial charge in [-0.1, -0.05) is 24.3 Å². The van der Waals surface area contributed by atoms with E-state index in [1.54, 1.807) is 36.4 Å². The van der Waals surface area contributed by atoms with Gasteiger partial charge < -0.3 is 9.97 Å². The lowest BCUT2D eigenvalue weighted by molar-refractivity contribution is 0.381. The third-order valence-corrected chi connectivity index (χ3v) is 8.33. The van der Waals surface area contributed by atoms with Crippen molar-refractivity contribution in [2.75, 3.05) is 0 Å². The van der Waals surface area contributed by atoms with E-state index >= 15 is 17.6 Å². The molecule has 3 aromatic carbocycles. The number of hydrogen-bond donors (Lipinski definition) is 2. The fourth-order valence-electron chi connectivity index (χ4n) is 6.07. The van der Waals surface area contributed by atoms with E-state index in [2.05, 4.69) is 19.9 Å². The van der Waals surface area contributed by atoms with E-state index in [0.717, 1.165) is 12.2 Å². The summed E-state index contributed by atoms with van der Waals surface area (Å²) in [6.07, 6.45) is 2.07. The Labute approximate surface area is 273 Å². The lowest BCUT2D eigenvalue weighted by Crippen LogP contribution is -2.05. The lowest BCUT2D eigenvalue weighted by Gasteiger charge is -2.10. The van der Waals surface area contributed by atoms with Gasteiger partial charge in [0.15, 0.2) is 46.5 Å². The van der Waals surface area contributed by atoms with E-state index in [9.17, 15) is 26.3 Å². The van der Waals surface area contributed by atoms with Crippen LogP contribution in [0.4, 0.5) is 43.9 Å². The van der Waals surface area contributed by atoms with Gasteiger partial charge in [-0.05, 0) is 48.6 Å². The van der Waals surface area contributed by atoms with Gasteiger partial charge in [0.05, 0.1) is 33.9 Å². The molecule has 2 N–H and O–H groups in total. The monoisotopic (exact) mass is 692 g/mol. The molecular weight excluding hydrogens is 678 g/mol. The molecule has 50 heavy (non-hydrogen) atoms. The molecule has 0 fully saturated rings. The molecule has 0 spiro atoms. The number of H-pyrrole nitrogens is 2. The predicted octanol–water partition coefficient (Wildman–Crippen LogP) is 10.5. The van der Waals surface area contributed by atoms with Gasteiger partial charge in [0.1, 0.15) is 0 Å². The Balaban J connectivity index is 1.60. The summed E-state index contributed by atoms with van der Waals surface area (Å²) >= 11 is 0. The Bertz CT molecular complexity index is 2440. The van der Waals surface area contributed by atoms with Crippen LogP contribution >= 0.6 is 0 Å². The van der Waals surface area contributed by atoms with Gasteiger partial charge in [0, 0.05) is 44.3 Å². The van der Waals surface area contributed by atoms with Crippen molar-refractivity contribution in [1.29, 1.82) is 0 Å². The number of halogens is 10. The van der Waals surface area contributed by atoms with Crippen LogP contribution in [0.1, 0.15) is 11.4 Å².